The molecule has 7 rings (SSSR count). The van der Waals surface area contributed by atoms with Gasteiger partial charge in [-0.2, -0.15) is 0 Å². The summed E-state index contributed by atoms with van der Waals surface area (Å²) in [4.78, 5) is 0. The Bertz CT molecular complexity index is 2470. The summed E-state index contributed by atoms with van der Waals surface area (Å²) >= 11 is 0. The Labute approximate surface area is 396 Å². The highest BCUT2D eigenvalue weighted by atomic mass is 16.5. The molecule has 2 N–H and O–H groups in total. The fourth-order valence-electron chi connectivity index (χ4n) is 8.83. The van der Waals surface area contributed by atoms with E-state index in [1.165, 1.54) is 11.1 Å². The third-order valence-electron chi connectivity index (χ3n) is 13.2. The first-order valence-electron chi connectivity index (χ1n) is 23.6. The molecule has 6 aromatic rings. The molecule has 0 aromatic heterocycles. The lowest BCUT2D eigenvalue weighted by Crippen LogP contribution is -2.16. The highest BCUT2D eigenvalue weighted by Gasteiger charge is 2.29. The van der Waals surface area contributed by atoms with Crippen LogP contribution in [-0.2, 0) is 60.6 Å². The van der Waals surface area contributed by atoms with Gasteiger partial charge in [0.05, 0.1) is 0 Å². The van der Waals surface area contributed by atoms with E-state index in [4.69, 9.17) is 9.47 Å². The summed E-state index contributed by atoms with van der Waals surface area (Å²) < 4.78 is 14.0. The van der Waals surface area contributed by atoms with Crippen LogP contribution in [0.2, 0.25) is 0 Å². The highest BCUT2D eigenvalue weighted by Crippen LogP contribution is 2.44. The molecule has 0 unspecified atom stereocenters. The molecule has 0 saturated carbocycles. The quantitative estimate of drug-likeness (QED) is 0.160. The van der Waals surface area contributed by atoms with Gasteiger partial charge in [0.25, 0.3) is 0 Å². The number of hydrogen-bond acceptors (Lipinski definition) is 4. The number of aromatic hydroxyl groups is 2. The Balaban J connectivity index is 1.53. The Kier molecular flexibility index (Phi) is 13.3. The largest absolute Gasteiger partial charge is 0.507 e. The van der Waals surface area contributed by atoms with Crippen molar-refractivity contribution in [2.75, 3.05) is 0 Å². The summed E-state index contributed by atoms with van der Waals surface area (Å²) in [6, 6.07) is 34.4. The van der Waals surface area contributed by atoms with Crippen LogP contribution in [-0.4, -0.2) is 10.2 Å². The Morgan fingerprint density at radius 2 is 0.621 bits per heavy atom. The zero-order valence-electron chi connectivity index (χ0n) is 41.8. The minimum atomic E-state index is -0.201. The van der Waals surface area contributed by atoms with E-state index in [2.05, 4.69) is 193 Å². The van der Waals surface area contributed by atoms with Crippen LogP contribution in [0.5, 0.6) is 23.0 Å². The number of benzene rings is 6. The first-order chi connectivity index (χ1) is 30.9. The first-order valence-corrected chi connectivity index (χ1v) is 23.6. The van der Waals surface area contributed by atoms with Crippen molar-refractivity contribution in [3.05, 3.63) is 199 Å². The number of phenolic OH excluding ortho intramolecular Hbond substituents is 2. The minimum Gasteiger partial charge on any atom is -0.507 e. The average molecular weight is 881 g/mol. The molecule has 0 aliphatic heterocycles. The fraction of sp³-hybridized carbons (Fsp3) is 0.355. The summed E-state index contributed by atoms with van der Waals surface area (Å²) in [6.45, 7) is 35.5. The van der Waals surface area contributed by atoms with Crippen LogP contribution in [0, 0.1) is 0 Å². The van der Waals surface area contributed by atoms with Crippen molar-refractivity contribution < 1.29 is 19.7 Å². The maximum absolute atomic E-state index is 12.7. The van der Waals surface area contributed by atoms with Gasteiger partial charge in [0, 0.05) is 25.7 Å². The van der Waals surface area contributed by atoms with Gasteiger partial charge in [0.15, 0.2) is 0 Å². The smallest absolute Gasteiger partial charge is 0.126 e. The van der Waals surface area contributed by atoms with Crippen molar-refractivity contribution in [2.45, 2.75) is 144 Å². The molecular weight excluding hydrogens is 809 g/mol. The van der Waals surface area contributed by atoms with Gasteiger partial charge in [0.2, 0.25) is 0 Å². The number of rotatable bonds is 8. The summed E-state index contributed by atoms with van der Waals surface area (Å²) in [5.74, 6) is 2.14. The summed E-state index contributed by atoms with van der Waals surface area (Å²) in [6.07, 6.45) is 5.48. The van der Waals surface area contributed by atoms with Crippen LogP contribution in [0.3, 0.4) is 0 Å². The van der Waals surface area contributed by atoms with Crippen molar-refractivity contribution in [3.8, 4) is 23.0 Å². The molecule has 6 aromatic carbocycles. The van der Waals surface area contributed by atoms with Crippen LogP contribution in [0.25, 0.3) is 12.2 Å². The molecule has 0 fully saturated rings. The van der Waals surface area contributed by atoms with E-state index >= 15 is 0 Å². The maximum Gasteiger partial charge on any atom is 0.126 e. The lowest BCUT2D eigenvalue weighted by molar-refractivity contribution is 0.300. The van der Waals surface area contributed by atoms with Gasteiger partial charge in [-0.05, 0) is 111 Å². The van der Waals surface area contributed by atoms with E-state index in [1.54, 1.807) is 0 Å². The minimum absolute atomic E-state index is 0.193. The average Bonchev–Trinajstić information content (AvgIpc) is 3.24. The Morgan fingerprint density at radius 1 is 0.394 bits per heavy atom. The number of hydrogen-bond donors (Lipinski definition) is 2. The molecule has 1 aliphatic rings. The molecule has 0 spiro atoms. The molecule has 66 heavy (non-hydrogen) atoms. The van der Waals surface area contributed by atoms with Gasteiger partial charge in [0.1, 0.15) is 36.2 Å². The van der Waals surface area contributed by atoms with Crippen LogP contribution < -0.4 is 9.47 Å². The Morgan fingerprint density at radius 3 is 0.833 bits per heavy atom. The van der Waals surface area contributed by atoms with E-state index in [1.807, 2.05) is 12.2 Å². The number of ether oxygens (including phenoxy) is 2. The molecule has 4 heteroatoms. The molecule has 8 bridgehead atoms. The third kappa shape index (κ3) is 10.8. The summed E-state index contributed by atoms with van der Waals surface area (Å²) in [5, 5.41) is 25.4. The van der Waals surface area contributed by atoms with Crippen LogP contribution in [0.15, 0.2) is 110 Å². The van der Waals surface area contributed by atoms with Crippen molar-refractivity contribution in [2.24, 2.45) is 0 Å². The monoisotopic (exact) mass is 881 g/mol. The van der Waals surface area contributed by atoms with Crippen molar-refractivity contribution >= 4 is 12.2 Å². The summed E-state index contributed by atoms with van der Waals surface area (Å²) in [7, 11) is 0. The predicted molar refractivity (Wildman–Crippen MR) is 277 cm³/mol. The molecule has 0 saturated heterocycles. The molecule has 1 aliphatic carbocycles. The van der Waals surface area contributed by atoms with Gasteiger partial charge in [-0.1, -0.05) is 205 Å². The SMILES string of the molecule is C=Cc1ccc(COc2c3cc(C(C)(C)C)cc2Cc2cc(C(C)(C)C)cc(c2O)Cc2cc(C(C)(C)C)cc(c2OCc2ccc(C=C)cc2)Cc2cc(C(C)(C)C)cc(c2O)C3)cc1. The highest BCUT2D eigenvalue weighted by molar-refractivity contribution is 5.60. The number of phenols is 2. The van der Waals surface area contributed by atoms with E-state index in [0.717, 1.165) is 89.4 Å². The number of fused-ring (bicyclic) bond motifs is 8. The van der Waals surface area contributed by atoms with E-state index in [0.29, 0.717) is 38.9 Å². The van der Waals surface area contributed by atoms with Gasteiger partial charge in [-0.15, -0.1) is 0 Å². The molecule has 0 atom stereocenters. The molecule has 0 heterocycles. The van der Waals surface area contributed by atoms with Crippen LogP contribution in [0.4, 0.5) is 0 Å². The third-order valence-corrected chi connectivity index (χ3v) is 13.2. The Hall–Kier alpha value is -6.00. The maximum atomic E-state index is 12.7. The van der Waals surface area contributed by atoms with Crippen molar-refractivity contribution in [1.29, 1.82) is 0 Å². The molecular formula is C62H72O4. The normalized spacial score (nSPS) is 13.3. The second-order valence-corrected chi connectivity index (χ2v) is 22.7. The second-order valence-electron chi connectivity index (χ2n) is 22.7. The first kappa shape index (κ1) is 47.9. The van der Waals surface area contributed by atoms with Crippen LogP contribution >= 0.6 is 0 Å². The molecule has 4 nitrogen and oxygen atoms in total. The lowest BCUT2D eigenvalue weighted by Gasteiger charge is -2.28. The van der Waals surface area contributed by atoms with Crippen LogP contribution in [0.1, 0.15) is 172 Å². The van der Waals surface area contributed by atoms with Gasteiger partial charge in [-0.25, -0.2) is 0 Å². The summed E-state index contributed by atoms with van der Waals surface area (Å²) in [5.41, 5.74) is 15.4. The van der Waals surface area contributed by atoms with Gasteiger partial charge >= 0.3 is 0 Å². The van der Waals surface area contributed by atoms with E-state index in [-0.39, 0.29) is 33.2 Å². The van der Waals surface area contributed by atoms with E-state index in [9.17, 15) is 10.2 Å². The standard InChI is InChI=1S/C62H72O4/c1-15-39-17-21-41(22-18-39)37-65-57-47-25-43-29-51(59(3,4)5)31-45(55(43)63)27-49-35-54(62(12,13)14)36-50(58(49)66-38-42-23-19-40(16-2)20-24-42)28-46-32-52(60(6,7)8)30-44(56(46)64)26-48(57)34-53(33-47)61(9,10)11/h15-24,29-36,63-64H,1-2,25-28,37-38H2,3-14H3. The van der Waals surface area contributed by atoms with E-state index < -0.39 is 0 Å². The topological polar surface area (TPSA) is 58.9 Å². The van der Waals surface area contributed by atoms with Crippen molar-refractivity contribution in [3.63, 3.8) is 0 Å². The molecule has 0 amide bonds. The predicted octanol–water partition coefficient (Wildman–Crippen LogP) is 15.4. The second kappa shape index (κ2) is 18.4. The zero-order chi connectivity index (χ0) is 47.9. The fourth-order valence-corrected chi connectivity index (χ4v) is 8.83. The van der Waals surface area contributed by atoms with Crippen molar-refractivity contribution in [1.82, 2.24) is 0 Å². The molecule has 0 radical (unpaired) electrons. The molecule has 344 valence electrons. The lowest BCUT2D eigenvalue weighted by atomic mass is 9.79. The van der Waals surface area contributed by atoms with Gasteiger partial charge < -0.3 is 19.7 Å². The zero-order valence-corrected chi connectivity index (χ0v) is 41.8. The van der Waals surface area contributed by atoms with Gasteiger partial charge in [-0.3, -0.25) is 0 Å².